The third kappa shape index (κ3) is 7.63. The highest BCUT2D eigenvalue weighted by atomic mass is 79.9. The number of carbonyl (C=O) groups is 1. The van der Waals surface area contributed by atoms with Crippen molar-refractivity contribution in [3.63, 3.8) is 0 Å². The number of hydrogen-bond donors (Lipinski definition) is 1. The number of methoxy groups -OCH3 is 1. The number of nitrogens with zero attached hydrogens (tertiary/aromatic N) is 1. The second-order valence-corrected chi connectivity index (χ2v) is 12.2. The second kappa shape index (κ2) is 13.4. The van der Waals surface area contributed by atoms with E-state index in [1.54, 1.807) is 49.3 Å². The summed E-state index contributed by atoms with van der Waals surface area (Å²) in [4.78, 5) is 15.1. The molecule has 4 rings (SSSR count). The van der Waals surface area contributed by atoms with Gasteiger partial charge in [-0.2, -0.15) is 13.2 Å². The molecular formula is C29H30BrF3N2O6S. The quantitative estimate of drug-likeness (QED) is 0.175. The highest BCUT2D eigenvalue weighted by Gasteiger charge is 2.31. The molecular weight excluding hydrogens is 641 g/mol. The lowest BCUT2D eigenvalue weighted by molar-refractivity contribution is -0.137. The zero-order valence-electron chi connectivity index (χ0n) is 23.0. The first-order chi connectivity index (χ1) is 19.9. The Bertz CT molecular complexity index is 1550. The number of hydrogen-bond acceptors (Lipinski definition) is 6. The van der Waals surface area contributed by atoms with Crippen LogP contribution in [0.2, 0.25) is 0 Å². The van der Waals surface area contributed by atoms with Crippen molar-refractivity contribution in [3.8, 4) is 16.9 Å². The molecule has 1 heterocycles. The van der Waals surface area contributed by atoms with Crippen molar-refractivity contribution < 1.29 is 40.6 Å². The van der Waals surface area contributed by atoms with Crippen molar-refractivity contribution in [2.75, 3.05) is 49.0 Å². The van der Waals surface area contributed by atoms with Gasteiger partial charge in [-0.15, -0.1) is 0 Å². The molecule has 0 aromatic heterocycles. The summed E-state index contributed by atoms with van der Waals surface area (Å²) < 4.78 is 83.2. The summed E-state index contributed by atoms with van der Waals surface area (Å²) >= 11 is 3.25. The first-order valence-electron chi connectivity index (χ1n) is 13.1. The number of benzene rings is 3. The lowest BCUT2D eigenvalue weighted by atomic mass is 9.93. The minimum atomic E-state index is -4.45. The van der Waals surface area contributed by atoms with Crippen LogP contribution in [0.5, 0.6) is 5.75 Å². The molecule has 13 heteroatoms. The van der Waals surface area contributed by atoms with Crippen molar-refractivity contribution in [2.45, 2.75) is 25.9 Å². The minimum Gasteiger partial charge on any atom is -0.465 e. The van der Waals surface area contributed by atoms with Gasteiger partial charge in [-0.25, -0.2) is 8.42 Å². The molecule has 0 aliphatic carbocycles. The molecule has 3 aromatic carbocycles. The van der Waals surface area contributed by atoms with Gasteiger partial charge in [0.1, 0.15) is 5.75 Å². The van der Waals surface area contributed by atoms with E-state index < -0.39 is 21.8 Å². The molecule has 226 valence electrons. The molecule has 0 spiro atoms. The number of nitrogens with one attached hydrogen (secondary N) is 1. The first-order valence-corrected chi connectivity index (χ1v) is 15.5. The monoisotopic (exact) mass is 670 g/mol. The van der Waals surface area contributed by atoms with Crippen molar-refractivity contribution >= 4 is 43.2 Å². The van der Waals surface area contributed by atoms with Gasteiger partial charge in [0.25, 0.3) is 5.91 Å². The highest BCUT2D eigenvalue weighted by molar-refractivity contribution is 9.10. The Kier molecular flexibility index (Phi) is 10.2. The molecule has 1 aliphatic heterocycles. The van der Waals surface area contributed by atoms with Gasteiger partial charge in [0.2, 0.25) is 10.0 Å². The van der Waals surface area contributed by atoms with Crippen molar-refractivity contribution in [2.24, 2.45) is 0 Å². The molecule has 1 N–H and O–H groups in total. The van der Waals surface area contributed by atoms with Crippen LogP contribution in [0.3, 0.4) is 0 Å². The number of ether oxygens (including phenoxy) is 3. The van der Waals surface area contributed by atoms with Gasteiger partial charge < -0.3 is 19.1 Å². The fraction of sp³-hybridized carbons (Fsp3) is 0.345. The standard InChI is InChI=1S/C29H30BrF3N2O6S/c1-3-14-42(37,38)34-26-17-22(6-9-27(26)41-18-40-13-12-39-2)35-11-10-20-15-19(4-7-24(20)28(35)36)23-8-5-21(16-25(23)30)29(31,32)33/h4-9,15-17,34H,3,10-14,18H2,1-2H3. The Morgan fingerprint density at radius 2 is 1.79 bits per heavy atom. The number of alkyl halides is 3. The van der Waals surface area contributed by atoms with E-state index >= 15 is 0 Å². The molecule has 0 saturated heterocycles. The Labute approximate surface area is 250 Å². The maximum atomic E-state index is 13.5. The van der Waals surface area contributed by atoms with Gasteiger partial charge in [0, 0.05) is 29.4 Å². The maximum Gasteiger partial charge on any atom is 0.416 e. The Hall–Kier alpha value is -3.13. The summed E-state index contributed by atoms with van der Waals surface area (Å²) in [5, 5.41) is 0. The summed E-state index contributed by atoms with van der Waals surface area (Å²) in [7, 11) is -2.12. The molecule has 0 atom stereocenters. The van der Waals surface area contributed by atoms with E-state index in [2.05, 4.69) is 20.7 Å². The zero-order chi connectivity index (χ0) is 30.5. The summed E-state index contributed by atoms with van der Waals surface area (Å²) in [6.45, 7) is 2.61. The Morgan fingerprint density at radius 3 is 2.48 bits per heavy atom. The summed E-state index contributed by atoms with van der Waals surface area (Å²) in [5.41, 5.74) is 2.36. The Balaban J connectivity index is 1.59. The van der Waals surface area contributed by atoms with E-state index in [0.29, 0.717) is 59.5 Å². The molecule has 8 nitrogen and oxygen atoms in total. The van der Waals surface area contributed by atoms with E-state index in [9.17, 15) is 26.4 Å². The largest absolute Gasteiger partial charge is 0.465 e. The second-order valence-electron chi connectivity index (χ2n) is 9.54. The van der Waals surface area contributed by atoms with Crippen LogP contribution < -0.4 is 14.4 Å². The van der Waals surface area contributed by atoms with E-state index in [0.717, 1.165) is 17.7 Å². The molecule has 42 heavy (non-hydrogen) atoms. The molecule has 1 aliphatic rings. The zero-order valence-corrected chi connectivity index (χ0v) is 25.4. The average molecular weight is 672 g/mol. The van der Waals surface area contributed by atoms with Crippen molar-refractivity contribution in [1.82, 2.24) is 0 Å². The van der Waals surface area contributed by atoms with Gasteiger partial charge in [0.05, 0.1) is 30.2 Å². The van der Waals surface area contributed by atoms with E-state index in [1.807, 2.05) is 6.07 Å². The van der Waals surface area contributed by atoms with Crippen LogP contribution in [0.15, 0.2) is 59.1 Å². The molecule has 0 fully saturated rings. The predicted octanol–water partition coefficient (Wildman–Crippen LogP) is 6.49. The number of amides is 1. The van der Waals surface area contributed by atoms with Crippen LogP contribution in [0.4, 0.5) is 24.5 Å². The smallest absolute Gasteiger partial charge is 0.416 e. The van der Waals surface area contributed by atoms with E-state index in [1.165, 1.54) is 6.07 Å². The maximum absolute atomic E-state index is 13.5. The molecule has 0 unspecified atom stereocenters. The minimum absolute atomic E-state index is 0.0889. The van der Waals surface area contributed by atoms with Crippen LogP contribution in [0.1, 0.15) is 34.8 Å². The molecule has 0 saturated carbocycles. The summed E-state index contributed by atoms with van der Waals surface area (Å²) in [5.74, 6) is -0.130. The molecule has 0 bridgehead atoms. The van der Waals surface area contributed by atoms with Crippen LogP contribution in [-0.4, -0.2) is 53.7 Å². The van der Waals surface area contributed by atoms with Crippen molar-refractivity contribution in [3.05, 3.63) is 75.8 Å². The summed E-state index contributed by atoms with van der Waals surface area (Å²) in [6, 6.07) is 13.4. The number of rotatable bonds is 12. The average Bonchev–Trinajstić information content (AvgIpc) is 2.93. The lowest BCUT2D eigenvalue weighted by Gasteiger charge is -2.30. The fourth-order valence-electron chi connectivity index (χ4n) is 4.51. The van der Waals surface area contributed by atoms with E-state index in [-0.39, 0.29) is 29.9 Å². The van der Waals surface area contributed by atoms with Crippen LogP contribution in [-0.2, 0) is 32.1 Å². The SMILES string of the molecule is CCCS(=O)(=O)Nc1cc(N2CCc3cc(-c4ccc(C(F)(F)F)cc4Br)ccc3C2=O)ccc1OCOCCOC. The number of fused-ring (bicyclic) bond motifs is 1. The Morgan fingerprint density at radius 1 is 1.02 bits per heavy atom. The van der Waals surface area contributed by atoms with Crippen LogP contribution in [0, 0.1) is 0 Å². The van der Waals surface area contributed by atoms with Gasteiger partial charge in [-0.05, 0) is 65.9 Å². The lowest BCUT2D eigenvalue weighted by Crippen LogP contribution is -2.37. The number of carbonyl (C=O) groups excluding carboxylic acids is 1. The molecule has 3 aromatic rings. The normalized spacial score (nSPS) is 13.7. The van der Waals surface area contributed by atoms with Crippen LogP contribution >= 0.6 is 15.9 Å². The van der Waals surface area contributed by atoms with Gasteiger partial charge in [0.15, 0.2) is 6.79 Å². The van der Waals surface area contributed by atoms with Crippen molar-refractivity contribution in [1.29, 1.82) is 0 Å². The highest BCUT2D eigenvalue weighted by Crippen LogP contribution is 2.38. The van der Waals surface area contributed by atoms with Crippen LogP contribution in [0.25, 0.3) is 11.1 Å². The van der Waals surface area contributed by atoms with E-state index in [4.69, 9.17) is 14.2 Å². The summed E-state index contributed by atoms with van der Waals surface area (Å²) in [6.07, 6.45) is -3.56. The molecule has 0 radical (unpaired) electrons. The number of anilines is 2. The first kappa shape index (κ1) is 31.8. The third-order valence-corrected chi connectivity index (χ3v) is 8.67. The fourth-order valence-corrected chi connectivity index (χ4v) is 6.25. The van der Waals surface area contributed by atoms with Gasteiger partial charge >= 0.3 is 6.18 Å². The number of sulfonamides is 1. The van der Waals surface area contributed by atoms with Gasteiger partial charge in [-0.1, -0.05) is 41.1 Å². The van der Waals surface area contributed by atoms with Gasteiger partial charge in [-0.3, -0.25) is 9.52 Å². The number of halogens is 4. The third-order valence-electron chi connectivity index (χ3n) is 6.54. The predicted molar refractivity (Wildman–Crippen MR) is 157 cm³/mol. The molecule has 1 amide bonds. The topological polar surface area (TPSA) is 94.2 Å².